The van der Waals surface area contributed by atoms with Gasteiger partial charge in [0.1, 0.15) is 5.84 Å². The summed E-state index contributed by atoms with van der Waals surface area (Å²) in [5.41, 5.74) is 2.10. The Labute approximate surface area is 182 Å². The van der Waals surface area contributed by atoms with Gasteiger partial charge in [-0.05, 0) is 39.0 Å². The first-order chi connectivity index (χ1) is 14.0. The fourth-order valence-corrected chi connectivity index (χ4v) is 3.26. The van der Waals surface area contributed by atoms with E-state index >= 15 is 0 Å². The summed E-state index contributed by atoms with van der Waals surface area (Å²) in [6.07, 6.45) is 13.8. The first kappa shape index (κ1) is 25.3. The van der Waals surface area contributed by atoms with Gasteiger partial charge in [0, 0.05) is 38.0 Å². The molecule has 2 N–H and O–H groups in total. The second kappa shape index (κ2) is 15.1. The second-order valence-corrected chi connectivity index (χ2v) is 7.77. The molecule has 164 valence electrons. The van der Waals surface area contributed by atoms with E-state index in [9.17, 15) is 4.79 Å². The number of rotatable bonds is 13. The van der Waals surface area contributed by atoms with Crippen molar-refractivity contribution in [3.63, 3.8) is 0 Å². The summed E-state index contributed by atoms with van der Waals surface area (Å²) >= 11 is 6.53. The van der Waals surface area contributed by atoms with E-state index in [0.717, 1.165) is 76.1 Å². The third kappa shape index (κ3) is 10.6. The van der Waals surface area contributed by atoms with Crippen molar-refractivity contribution in [1.82, 2.24) is 15.5 Å². The highest BCUT2D eigenvalue weighted by molar-refractivity contribution is 6.31. The van der Waals surface area contributed by atoms with Crippen LogP contribution in [0.4, 0.5) is 0 Å². The minimum Gasteiger partial charge on any atom is -0.384 e. The molecule has 29 heavy (non-hydrogen) atoms. The van der Waals surface area contributed by atoms with Crippen LogP contribution in [0, 0.1) is 0 Å². The van der Waals surface area contributed by atoms with Crippen molar-refractivity contribution in [3.8, 4) is 0 Å². The molecular formula is C23H39ClN4O. The van der Waals surface area contributed by atoms with E-state index in [4.69, 9.17) is 11.6 Å². The van der Waals surface area contributed by atoms with Gasteiger partial charge in [-0.2, -0.15) is 0 Å². The molecule has 0 bridgehead atoms. The Morgan fingerprint density at radius 3 is 2.55 bits per heavy atom. The number of carbonyl (C=O) groups excluding carboxylic acids is 1. The molecular weight excluding hydrogens is 384 g/mol. The fourth-order valence-electron chi connectivity index (χ4n) is 3.07. The molecule has 0 aromatic rings. The van der Waals surface area contributed by atoms with Crippen molar-refractivity contribution < 1.29 is 4.79 Å². The third-order valence-corrected chi connectivity index (χ3v) is 5.06. The lowest BCUT2D eigenvalue weighted by Crippen LogP contribution is -2.28. The van der Waals surface area contributed by atoms with Crippen LogP contribution in [0.2, 0.25) is 0 Å². The maximum atomic E-state index is 11.7. The smallest absolute Gasteiger partial charge is 0.222 e. The minimum absolute atomic E-state index is 0.279. The van der Waals surface area contributed by atoms with Crippen molar-refractivity contribution in [2.75, 3.05) is 19.6 Å². The van der Waals surface area contributed by atoms with Gasteiger partial charge in [-0.25, -0.2) is 4.99 Å². The number of amides is 1. The van der Waals surface area contributed by atoms with E-state index in [-0.39, 0.29) is 5.91 Å². The largest absolute Gasteiger partial charge is 0.384 e. The quantitative estimate of drug-likeness (QED) is 0.179. The standard InChI is InChI=1S/C23H39ClN4O/c1-5-8-12-20(7-3)27-19(4)26-18-21(24)22(13-9-6-2)25-15-11-17-28-16-10-14-23(28)29/h12-13,18,25H,5-11,14-17H2,1-4H3,(H,26,27)/b20-12+,21-18+,22-13-. The van der Waals surface area contributed by atoms with E-state index in [0.29, 0.717) is 11.5 Å². The zero-order valence-electron chi connectivity index (χ0n) is 18.7. The molecule has 1 rings (SSSR count). The van der Waals surface area contributed by atoms with Crippen molar-refractivity contribution in [2.24, 2.45) is 4.99 Å². The van der Waals surface area contributed by atoms with Gasteiger partial charge in [-0.1, -0.05) is 57.4 Å². The van der Waals surface area contributed by atoms with Crippen molar-refractivity contribution in [3.05, 3.63) is 34.8 Å². The number of hydrogen-bond acceptors (Lipinski definition) is 3. The van der Waals surface area contributed by atoms with E-state index < -0.39 is 0 Å². The maximum Gasteiger partial charge on any atom is 0.222 e. The number of hydrogen-bond donors (Lipinski definition) is 2. The zero-order valence-corrected chi connectivity index (χ0v) is 19.4. The highest BCUT2D eigenvalue weighted by Gasteiger charge is 2.18. The van der Waals surface area contributed by atoms with Crippen LogP contribution in [0.3, 0.4) is 0 Å². The van der Waals surface area contributed by atoms with Gasteiger partial charge in [-0.3, -0.25) is 4.79 Å². The Balaban J connectivity index is 2.61. The van der Waals surface area contributed by atoms with E-state index in [1.54, 1.807) is 6.20 Å². The zero-order chi connectivity index (χ0) is 21.5. The molecule has 0 atom stereocenters. The Morgan fingerprint density at radius 1 is 1.21 bits per heavy atom. The molecule has 1 amide bonds. The average molecular weight is 423 g/mol. The molecule has 0 aromatic carbocycles. The Kier molecular flexibility index (Phi) is 13.2. The molecule has 0 aromatic heterocycles. The lowest BCUT2D eigenvalue weighted by atomic mass is 10.2. The number of allylic oxidation sites excluding steroid dienone is 4. The monoisotopic (exact) mass is 422 g/mol. The van der Waals surface area contributed by atoms with Crippen LogP contribution in [-0.2, 0) is 4.79 Å². The third-order valence-electron chi connectivity index (χ3n) is 4.76. The van der Waals surface area contributed by atoms with Crippen molar-refractivity contribution in [2.45, 2.75) is 79.1 Å². The fraction of sp³-hybridized carbons (Fsp3) is 0.652. The minimum atomic E-state index is 0.279. The molecule has 0 unspecified atom stereocenters. The summed E-state index contributed by atoms with van der Waals surface area (Å²) in [5.74, 6) is 1.11. The Morgan fingerprint density at radius 2 is 1.93 bits per heavy atom. The van der Waals surface area contributed by atoms with Crippen LogP contribution >= 0.6 is 11.6 Å². The Hall–Kier alpha value is -1.75. The van der Waals surface area contributed by atoms with Gasteiger partial charge in [0.2, 0.25) is 5.91 Å². The summed E-state index contributed by atoms with van der Waals surface area (Å²) in [6.45, 7) is 10.9. The SMILES string of the molecule is CCC/C=C(NCCCN1CCCC1=O)/C(Cl)=C\N=C(C)N/C(=C/CCC)CC. The first-order valence-electron chi connectivity index (χ1n) is 11.1. The number of unbranched alkanes of at least 4 members (excludes halogenated alkanes) is 2. The topological polar surface area (TPSA) is 56.7 Å². The van der Waals surface area contributed by atoms with Crippen LogP contribution in [0.15, 0.2) is 39.8 Å². The lowest BCUT2D eigenvalue weighted by Gasteiger charge is -2.16. The molecule has 0 saturated carbocycles. The first-order valence-corrected chi connectivity index (χ1v) is 11.5. The number of nitrogens with one attached hydrogen (secondary N) is 2. The highest BCUT2D eigenvalue weighted by Crippen LogP contribution is 2.15. The van der Waals surface area contributed by atoms with Crippen molar-refractivity contribution >= 4 is 23.3 Å². The molecule has 1 aliphatic rings. The van der Waals surface area contributed by atoms with Gasteiger partial charge in [0.25, 0.3) is 0 Å². The van der Waals surface area contributed by atoms with E-state index in [1.165, 1.54) is 5.70 Å². The van der Waals surface area contributed by atoms with Crippen LogP contribution in [0.5, 0.6) is 0 Å². The van der Waals surface area contributed by atoms with Gasteiger partial charge in [-0.15, -0.1) is 0 Å². The molecule has 1 fully saturated rings. The van der Waals surface area contributed by atoms with Crippen LogP contribution in [0.25, 0.3) is 0 Å². The number of aliphatic imine (C=N–C) groups is 1. The maximum absolute atomic E-state index is 11.7. The predicted molar refractivity (Wildman–Crippen MR) is 125 cm³/mol. The van der Waals surface area contributed by atoms with E-state index in [2.05, 4.69) is 48.5 Å². The molecule has 0 radical (unpaired) electrons. The Bertz CT molecular complexity index is 622. The molecule has 5 nitrogen and oxygen atoms in total. The molecule has 0 aliphatic carbocycles. The number of carbonyl (C=O) groups is 1. The number of nitrogens with zero attached hydrogens (tertiary/aromatic N) is 2. The molecule has 0 spiro atoms. The normalized spacial score (nSPS) is 16.6. The van der Waals surface area contributed by atoms with Crippen LogP contribution < -0.4 is 10.6 Å². The molecule has 1 saturated heterocycles. The molecule has 6 heteroatoms. The van der Waals surface area contributed by atoms with Gasteiger partial charge < -0.3 is 15.5 Å². The van der Waals surface area contributed by atoms with Gasteiger partial charge in [0.15, 0.2) is 0 Å². The highest BCUT2D eigenvalue weighted by atomic mass is 35.5. The summed E-state index contributed by atoms with van der Waals surface area (Å²) in [7, 11) is 0. The van der Waals surface area contributed by atoms with Crippen LogP contribution in [-0.4, -0.2) is 36.3 Å². The average Bonchev–Trinajstić information content (AvgIpc) is 3.13. The summed E-state index contributed by atoms with van der Waals surface area (Å²) < 4.78 is 0. The van der Waals surface area contributed by atoms with Crippen LogP contribution in [0.1, 0.15) is 79.1 Å². The number of amidine groups is 1. The predicted octanol–water partition coefficient (Wildman–Crippen LogP) is 5.45. The number of likely N-dealkylation sites (tertiary alicyclic amines) is 1. The van der Waals surface area contributed by atoms with E-state index in [1.807, 2.05) is 11.8 Å². The molecule has 1 aliphatic heterocycles. The summed E-state index contributed by atoms with van der Waals surface area (Å²) in [6, 6.07) is 0. The van der Waals surface area contributed by atoms with Crippen molar-refractivity contribution in [1.29, 1.82) is 0 Å². The summed E-state index contributed by atoms with van der Waals surface area (Å²) in [5, 5.41) is 7.38. The second-order valence-electron chi connectivity index (χ2n) is 7.36. The molecule has 1 heterocycles. The lowest BCUT2D eigenvalue weighted by molar-refractivity contribution is -0.127. The summed E-state index contributed by atoms with van der Waals surface area (Å²) in [4.78, 5) is 18.1. The van der Waals surface area contributed by atoms with Gasteiger partial charge in [0.05, 0.1) is 10.7 Å². The van der Waals surface area contributed by atoms with Gasteiger partial charge >= 0.3 is 0 Å². The number of halogens is 1.